The van der Waals surface area contributed by atoms with E-state index in [4.69, 9.17) is 10.00 Å². The molecule has 1 aromatic carbocycles. The summed E-state index contributed by atoms with van der Waals surface area (Å²) in [6.45, 7) is 8.54. The first-order valence-corrected chi connectivity index (χ1v) is 7.19. The van der Waals surface area contributed by atoms with Gasteiger partial charge in [0.1, 0.15) is 11.8 Å². The fourth-order valence-corrected chi connectivity index (χ4v) is 1.87. The molecule has 0 heterocycles. The molecule has 0 saturated heterocycles. The minimum Gasteiger partial charge on any atom is -0.478 e. The maximum absolute atomic E-state index is 8.63. The van der Waals surface area contributed by atoms with Crippen LogP contribution in [0.4, 0.5) is 0 Å². The second kappa shape index (κ2) is 9.17. The van der Waals surface area contributed by atoms with Crippen LogP contribution in [0.2, 0.25) is 0 Å². The van der Waals surface area contributed by atoms with Gasteiger partial charge in [0.25, 0.3) is 0 Å². The lowest BCUT2D eigenvalue weighted by Crippen LogP contribution is -2.20. The van der Waals surface area contributed by atoms with Gasteiger partial charge >= 0.3 is 0 Å². The third-order valence-electron chi connectivity index (χ3n) is 3.05. The van der Waals surface area contributed by atoms with E-state index in [0.717, 1.165) is 30.8 Å². The average Bonchev–Trinajstić information content (AvgIpc) is 2.45. The number of hydrogen-bond acceptors (Lipinski definition) is 3. The van der Waals surface area contributed by atoms with Gasteiger partial charge in [0.05, 0.1) is 0 Å². The maximum Gasteiger partial charge on any atom is 0.174 e. The first-order chi connectivity index (χ1) is 9.69. The normalized spacial score (nSPS) is 11.4. The van der Waals surface area contributed by atoms with Gasteiger partial charge in [-0.2, -0.15) is 5.26 Å². The lowest BCUT2D eigenvalue weighted by Gasteiger charge is -2.14. The van der Waals surface area contributed by atoms with E-state index in [2.05, 4.69) is 32.2 Å². The van der Waals surface area contributed by atoms with Gasteiger partial charge in [0.15, 0.2) is 6.61 Å². The van der Waals surface area contributed by atoms with Crippen LogP contribution < -0.4 is 10.1 Å². The minimum atomic E-state index is 0.0793. The predicted molar refractivity (Wildman–Crippen MR) is 83.5 cm³/mol. The number of para-hydroxylation sites is 1. The van der Waals surface area contributed by atoms with Crippen LogP contribution >= 0.6 is 0 Å². The van der Waals surface area contributed by atoms with E-state index in [0.29, 0.717) is 5.92 Å². The van der Waals surface area contributed by atoms with Crippen molar-refractivity contribution in [3.8, 4) is 11.8 Å². The van der Waals surface area contributed by atoms with Gasteiger partial charge in [-0.3, -0.25) is 0 Å². The van der Waals surface area contributed by atoms with Crippen molar-refractivity contribution in [2.24, 2.45) is 5.92 Å². The Bertz CT molecular complexity index is 472. The van der Waals surface area contributed by atoms with E-state index in [9.17, 15) is 0 Å². The SMILES string of the molecule is CCCNCC(=Cc1ccccc1OCC#N)C(C)C. The Morgan fingerprint density at radius 3 is 2.80 bits per heavy atom. The summed E-state index contributed by atoms with van der Waals surface area (Å²) in [5.74, 6) is 1.24. The predicted octanol–water partition coefficient (Wildman–Crippen LogP) is 3.63. The molecular weight excluding hydrogens is 248 g/mol. The Labute approximate surface area is 122 Å². The van der Waals surface area contributed by atoms with Crippen LogP contribution in [0.15, 0.2) is 29.8 Å². The van der Waals surface area contributed by atoms with E-state index >= 15 is 0 Å². The highest BCUT2D eigenvalue weighted by atomic mass is 16.5. The molecule has 0 aromatic heterocycles. The number of benzene rings is 1. The second-order valence-electron chi connectivity index (χ2n) is 5.04. The first kappa shape index (κ1) is 16.3. The molecule has 0 atom stereocenters. The van der Waals surface area contributed by atoms with Crippen LogP contribution in [0.3, 0.4) is 0 Å². The zero-order valence-corrected chi connectivity index (χ0v) is 12.6. The molecule has 3 nitrogen and oxygen atoms in total. The molecule has 0 amide bonds. The first-order valence-electron chi connectivity index (χ1n) is 7.19. The van der Waals surface area contributed by atoms with E-state index in [1.54, 1.807) is 0 Å². The summed E-state index contributed by atoms with van der Waals surface area (Å²) in [5, 5.41) is 12.1. The molecule has 1 N–H and O–H groups in total. The molecular formula is C17H24N2O. The van der Waals surface area contributed by atoms with Crippen LogP contribution in [-0.2, 0) is 0 Å². The summed E-state index contributed by atoms with van der Waals surface area (Å²) in [4.78, 5) is 0. The Hall–Kier alpha value is -1.79. The van der Waals surface area contributed by atoms with Crippen molar-refractivity contribution in [1.82, 2.24) is 5.32 Å². The molecule has 0 radical (unpaired) electrons. The summed E-state index contributed by atoms with van der Waals surface area (Å²) in [6, 6.07) is 9.85. The number of ether oxygens (including phenoxy) is 1. The topological polar surface area (TPSA) is 45.0 Å². The Kier molecular flexibility index (Phi) is 7.46. The van der Waals surface area contributed by atoms with Gasteiger partial charge < -0.3 is 10.1 Å². The number of nitrogens with zero attached hydrogens (tertiary/aromatic N) is 1. The fraction of sp³-hybridized carbons (Fsp3) is 0.471. The average molecular weight is 272 g/mol. The summed E-state index contributed by atoms with van der Waals surface area (Å²) >= 11 is 0. The summed E-state index contributed by atoms with van der Waals surface area (Å²) in [5.41, 5.74) is 2.37. The zero-order valence-electron chi connectivity index (χ0n) is 12.6. The largest absolute Gasteiger partial charge is 0.478 e. The quantitative estimate of drug-likeness (QED) is 0.735. The van der Waals surface area contributed by atoms with Crippen molar-refractivity contribution in [2.45, 2.75) is 27.2 Å². The Balaban J connectivity index is 2.89. The fourth-order valence-electron chi connectivity index (χ4n) is 1.87. The van der Waals surface area contributed by atoms with Crippen molar-refractivity contribution >= 4 is 6.08 Å². The molecule has 1 aromatic rings. The monoisotopic (exact) mass is 272 g/mol. The van der Waals surface area contributed by atoms with E-state index in [1.807, 2.05) is 30.3 Å². The standard InChI is InChI=1S/C17H24N2O/c1-4-10-19-13-16(14(2)3)12-15-7-5-6-8-17(15)20-11-9-18/h5-8,12,14,19H,4,10-11,13H2,1-3H3. The second-order valence-corrected chi connectivity index (χ2v) is 5.04. The van der Waals surface area contributed by atoms with Crippen LogP contribution in [0.5, 0.6) is 5.75 Å². The number of rotatable bonds is 8. The van der Waals surface area contributed by atoms with E-state index < -0.39 is 0 Å². The molecule has 0 saturated carbocycles. The molecule has 0 aliphatic rings. The van der Waals surface area contributed by atoms with Crippen molar-refractivity contribution < 1.29 is 4.74 Å². The lowest BCUT2D eigenvalue weighted by molar-refractivity contribution is 0.367. The third-order valence-corrected chi connectivity index (χ3v) is 3.05. The van der Waals surface area contributed by atoms with Gasteiger partial charge in [0.2, 0.25) is 0 Å². The van der Waals surface area contributed by atoms with Gasteiger partial charge in [-0.1, -0.05) is 50.6 Å². The minimum absolute atomic E-state index is 0.0793. The van der Waals surface area contributed by atoms with Gasteiger partial charge in [0, 0.05) is 12.1 Å². The molecule has 20 heavy (non-hydrogen) atoms. The molecule has 1 rings (SSSR count). The van der Waals surface area contributed by atoms with Gasteiger partial charge in [-0.15, -0.1) is 0 Å². The Morgan fingerprint density at radius 2 is 2.15 bits per heavy atom. The number of hydrogen-bond donors (Lipinski definition) is 1. The highest BCUT2D eigenvalue weighted by molar-refractivity contribution is 5.60. The molecule has 3 heteroatoms. The van der Waals surface area contributed by atoms with Crippen LogP contribution in [0, 0.1) is 17.2 Å². The van der Waals surface area contributed by atoms with Crippen molar-refractivity contribution in [1.29, 1.82) is 5.26 Å². The molecule has 0 aliphatic heterocycles. The highest BCUT2D eigenvalue weighted by Crippen LogP contribution is 2.23. The molecule has 0 unspecified atom stereocenters. The van der Waals surface area contributed by atoms with Crippen molar-refractivity contribution in [3.63, 3.8) is 0 Å². The lowest BCUT2D eigenvalue weighted by atomic mass is 10.00. The van der Waals surface area contributed by atoms with Crippen LogP contribution in [0.1, 0.15) is 32.8 Å². The van der Waals surface area contributed by atoms with Crippen LogP contribution in [-0.4, -0.2) is 19.7 Å². The summed E-state index contributed by atoms with van der Waals surface area (Å²) in [6.07, 6.45) is 3.30. The number of nitriles is 1. The van der Waals surface area contributed by atoms with E-state index in [1.165, 1.54) is 5.57 Å². The summed E-state index contributed by atoms with van der Waals surface area (Å²) < 4.78 is 5.47. The molecule has 0 spiro atoms. The molecule has 0 aliphatic carbocycles. The third kappa shape index (κ3) is 5.46. The van der Waals surface area contributed by atoms with E-state index in [-0.39, 0.29) is 6.61 Å². The highest BCUT2D eigenvalue weighted by Gasteiger charge is 2.06. The Morgan fingerprint density at radius 1 is 1.40 bits per heavy atom. The molecule has 0 fully saturated rings. The van der Waals surface area contributed by atoms with Crippen molar-refractivity contribution in [3.05, 3.63) is 35.4 Å². The smallest absolute Gasteiger partial charge is 0.174 e. The number of nitrogens with one attached hydrogen (secondary N) is 1. The van der Waals surface area contributed by atoms with Gasteiger partial charge in [-0.05, 0) is 24.9 Å². The molecule has 108 valence electrons. The molecule has 0 bridgehead atoms. The van der Waals surface area contributed by atoms with Crippen LogP contribution in [0.25, 0.3) is 6.08 Å². The maximum atomic E-state index is 8.63. The van der Waals surface area contributed by atoms with Crippen molar-refractivity contribution in [2.75, 3.05) is 19.7 Å². The summed E-state index contributed by atoms with van der Waals surface area (Å²) in [7, 11) is 0. The van der Waals surface area contributed by atoms with Gasteiger partial charge in [-0.25, -0.2) is 0 Å². The zero-order chi connectivity index (χ0) is 14.8.